The maximum absolute atomic E-state index is 14.6. The van der Waals surface area contributed by atoms with Gasteiger partial charge in [-0.1, -0.05) is 55.8 Å². The van der Waals surface area contributed by atoms with Crippen LogP contribution < -0.4 is 48.7 Å². The van der Waals surface area contributed by atoms with Gasteiger partial charge in [0, 0.05) is 88.5 Å². The minimum Gasteiger partial charge on any atom is -0.508 e. The molecule has 7 amide bonds. The third-order valence-corrected chi connectivity index (χ3v) is 10.4. The SMILES string of the molecule is CCC(=O)NCCNC(=O)NC(N)=NCCC[C@@H](NC(=O)[C@H](c1ccccc1)N1Cc2cccc(NC(=O)CCCNC(=O)CCCCCN)c2C1)C(=O)NCc1c(F)cc(O)cc1F. The van der Waals surface area contributed by atoms with E-state index in [2.05, 4.69) is 42.2 Å². The van der Waals surface area contributed by atoms with Gasteiger partial charge in [0.2, 0.25) is 29.5 Å². The third kappa shape index (κ3) is 17.1. The number of nitrogens with zero attached hydrogens (tertiary/aromatic N) is 2. The highest BCUT2D eigenvalue weighted by atomic mass is 19.1. The first-order valence-corrected chi connectivity index (χ1v) is 21.8. The molecule has 4 rings (SSSR count). The van der Waals surface area contributed by atoms with Crippen LogP contribution in [0, 0.1) is 11.6 Å². The molecule has 0 saturated heterocycles. The number of fused-ring (bicyclic) bond motifs is 1. The number of guanidine groups is 1. The van der Waals surface area contributed by atoms with Crippen molar-refractivity contribution in [3.8, 4) is 5.75 Å². The average Bonchev–Trinajstić information content (AvgIpc) is 3.71. The second kappa shape index (κ2) is 26.8. The molecule has 18 nitrogen and oxygen atoms in total. The van der Waals surface area contributed by atoms with Gasteiger partial charge in [-0.05, 0) is 61.4 Å². The predicted octanol–water partition coefficient (Wildman–Crippen LogP) is 2.80. The molecule has 1 aliphatic heterocycles. The fraction of sp³-hybridized carbons (Fsp3) is 0.444. The summed E-state index contributed by atoms with van der Waals surface area (Å²) in [5, 5.41) is 28.3. The van der Waals surface area contributed by atoms with Crippen molar-refractivity contribution in [1.29, 1.82) is 0 Å². The number of hydrogen-bond acceptors (Lipinski definition) is 10. The number of phenolic OH excluding ortho intramolecular Hbond substituents is 1. The molecule has 0 bridgehead atoms. The zero-order valence-corrected chi connectivity index (χ0v) is 36.7. The summed E-state index contributed by atoms with van der Waals surface area (Å²) in [4.78, 5) is 83.0. The quantitative estimate of drug-likeness (QED) is 0.0337. The first-order chi connectivity index (χ1) is 31.3. The molecular weight excluding hydrogens is 845 g/mol. The van der Waals surface area contributed by atoms with Crippen molar-refractivity contribution in [3.63, 3.8) is 0 Å². The van der Waals surface area contributed by atoms with E-state index < -0.39 is 59.4 Å². The fourth-order valence-electron chi connectivity index (χ4n) is 7.07. The average molecular weight is 906 g/mol. The van der Waals surface area contributed by atoms with Gasteiger partial charge in [-0.15, -0.1) is 0 Å². The molecule has 0 spiro atoms. The Morgan fingerprint density at radius 3 is 2.22 bits per heavy atom. The summed E-state index contributed by atoms with van der Waals surface area (Å²) in [6.45, 7) is 3.03. The fourth-order valence-corrected chi connectivity index (χ4v) is 7.07. The topological polar surface area (TPSA) is 274 Å². The predicted molar refractivity (Wildman–Crippen MR) is 241 cm³/mol. The van der Waals surface area contributed by atoms with Crippen molar-refractivity contribution in [2.45, 2.75) is 96.4 Å². The Hall–Kier alpha value is -6.67. The molecule has 0 saturated carbocycles. The van der Waals surface area contributed by atoms with E-state index >= 15 is 0 Å². The van der Waals surface area contributed by atoms with E-state index in [0.29, 0.717) is 50.1 Å². The number of halogens is 2. The number of carbonyl (C=O) groups is 6. The first kappa shape index (κ1) is 51.0. The zero-order chi connectivity index (χ0) is 47.1. The minimum atomic E-state index is -1.23. The third-order valence-electron chi connectivity index (χ3n) is 10.4. The lowest BCUT2D eigenvalue weighted by Crippen LogP contribution is -2.50. The van der Waals surface area contributed by atoms with Gasteiger partial charge in [0.05, 0.1) is 0 Å². The van der Waals surface area contributed by atoms with E-state index in [4.69, 9.17) is 11.5 Å². The second-order valence-corrected chi connectivity index (χ2v) is 15.4. The number of benzene rings is 3. The number of nitrogens with one attached hydrogen (secondary N) is 7. The van der Waals surface area contributed by atoms with Crippen LogP contribution in [0.4, 0.5) is 19.3 Å². The molecule has 0 aromatic heterocycles. The van der Waals surface area contributed by atoms with Crippen LogP contribution in [0.2, 0.25) is 0 Å². The minimum absolute atomic E-state index is 0.00535. The number of amides is 7. The second-order valence-electron chi connectivity index (χ2n) is 15.4. The standard InChI is InChI=1S/C45H61F2N11O7/c1-2-38(60)51-22-23-53-45(65)57-44(49)52-21-10-16-37(42(63)54-26-32-34(46)24-31(59)25-35(32)47)56-43(64)41(29-12-5-3-6-13-29)58-27-30-14-9-15-36(33(30)28-58)55-40(62)18-11-20-50-39(61)17-7-4-8-19-48/h3,5-6,9,12-15,24-25,37,41,59H,2,4,7-8,10-11,16-23,26-28,48H2,1H3,(H,50,61)(H,51,60)(H,54,63)(H,55,62)(H,56,64)(H4,49,52,53,57,65)/t37-,41+/m1/s1. The summed E-state index contributed by atoms with van der Waals surface area (Å²) >= 11 is 0. The number of unbranched alkanes of at least 4 members (excludes halogenated alkanes) is 2. The highest BCUT2D eigenvalue weighted by Crippen LogP contribution is 2.35. The lowest BCUT2D eigenvalue weighted by atomic mass is 10.0. The van der Waals surface area contributed by atoms with Crippen LogP contribution in [-0.2, 0) is 43.6 Å². The van der Waals surface area contributed by atoms with E-state index in [9.17, 15) is 42.7 Å². The van der Waals surface area contributed by atoms with E-state index in [1.807, 2.05) is 17.0 Å². The summed E-state index contributed by atoms with van der Waals surface area (Å²) < 4.78 is 29.2. The summed E-state index contributed by atoms with van der Waals surface area (Å²) in [6, 6.07) is 13.0. The maximum Gasteiger partial charge on any atom is 0.321 e. The Balaban J connectivity index is 1.44. The van der Waals surface area contributed by atoms with E-state index in [-0.39, 0.29) is 69.1 Å². The van der Waals surface area contributed by atoms with E-state index in [1.165, 1.54) is 0 Å². The number of aromatic hydroxyl groups is 1. The van der Waals surface area contributed by atoms with Gasteiger partial charge >= 0.3 is 6.03 Å². The van der Waals surface area contributed by atoms with Crippen LogP contribution in [0.5, 0.6) is 5.75 Å². The van der Waals surface area contributed by atoms with Crippen molar-refractivity contribution in [2.75, 3.05) is 38.0 Å². The summed E-state index contributed by atoms with van der Waals surface area (Å²) in [5.74, 6) is -4.74. The first-order valence-electron chi connectivity index (χ1n) is 21.8. The number of urea groups is 1. The molecule has 20 heteroatoms. The van der Waals surface area contributed by atoms with Gasteiger partial charge in [-0.25, -0.2) is 13.6 Å². The molecule has 0 fully saturated rings. The number of hydrogen-bond donors (Lipinski definition) is 10. The highest BCUT2D eigenvalue weighted by molar-refractivity contribution is 5.95. The van der Waals surface area contributed by atoms with Crippen LogP contribution in [0.25, 0.3) is 0 Å². The molecule has 65 heavy (non-hydrogen) atoms. The van der Waals surface area contributed by atoms with Crippen LogP contribution in [0.3, 0.4) is 0 Å². The zero-order valence-electron chi connectivity index (χ0n) is 36.7. The molecule has 2 atom stereocenters. The van der Waals surface area contributed by atoms with Crippen LogP contribution >= 0.6 is 0 Å². The molecule has 0 unspecified atom stereocenters. The monoisotopic (exact) mass is 905 g/mol. The van der Waals surface area contributed by atoms with Crippen molar-refractivity contribution in [1.82, 2.24) is 36.8 Å². The molecule has 0 aliphatic carbocycles. The lowest BCUT2D eigenvalue weighted by Gasteiger charge is -2.29. The van der Waals surface area contributed by atoms with Crippen LogP contribution in [-0.4, -0.2) is 90.3 Å². The number of nitrogens with two attached hydrogens (primary N) is 2. The summed E-state index contributed by atoms with van der Waals surface area (Å²) in [6.07, 6.45) is 4.02. The van der Waals surface area contributed by atoms with Gasteiger partial charge < -0.3 is 48.5 Å². The van der Waals surface area contributed by atoms with Crippen LogP contribution in [0.1, 0.15) is 93.0 Å². The van der Waals surface area contributed by atoms with Crippen LogP contribution in [0.15, 0.2) is 65.7 Å². The number of rotatable bonds is 25. The lowest BCUT2D eigenvalue weighted by molar-refractivity contribution is -0.132. The van der Waals surface area contributed by atoms with Gasteiger partial charge in [-0.2, -0.15) is 0 Å². The highest BCUT2D eigenvalue weighted by Gasteiger charge is 2.35. The Bertz CT molecular complexity index is 2100. The van der Waals surface area contributed by atoms with E-state index in [1.54, 1.807) is 43.3 Å². The Morgan fingerprint density at radius 1 is 0.785 bits per heavy atom. The molecule has 12 N–H and O–H groups in total. The summed E-state index contributed by atoms with van der Waals surface area (Å²) in [5.41, 5.74) is 13.8. The number of carbonyl (C=O) groups excluding carboxylic acids is 6. The van der Waals surface area contributed by atoms with Crippen molar-refractivity contribution >= 4 is 47.2 Å². The normalized spacial score (nSPS) is 13.2. The Labute approximate surface area is 377 Å². The molecule has 352 valence electrons. The molecule has 0 radical (unpaired) electrons. The molecule has 3 aromatic rings. The Kier molecular flexibility index (Phi) is 21.0. The van der Waals surface area contributed by atoms with Gasteiger partial charge in [-0.3, -0.25) is 39.2 Å². The Morgan fingerprint density at radius 2 is 1.49 bits per heavy atom. The van der Waals surface area contributed by atoms with Gasteiger partial charge in [0.15, 0.2) is 5.96 Å². The van der Waals surface area contributed by atoms with Gasteiger partial charge in [0.1, 0.15) is 29.5 Å². The van der Waals surface area contributed by atoms with Gasteiger partial charge in [0.25, 0.3) is 0 Å². The number of aliphatic imine (C=N–C) groups is 1. The molecule has 1 heterocycles. The maximum atomic E-state index is 14.6. The molecule has 1 aliphatic rings. The van der Waals surface area contributed by atoms with E-state index in [0.717, 1.165) is 42.5 Å². The molecular formula is C45H61F2N11O7. The molecule has 3 aromatic carbocycles. The number of anilines is 1. The smallest absolute Gasteiger partial charge is 0.321 e. The number of phenols is 1. The van der Waals surface area contributed by atoms with Crippen molar-refractivity contribution in [3.05, 3.63) is 94.6 Å². The van der Waals surface area contributed by atoms with Crippen molar-refractivity contribution in [2.24, 2.45) is 16.5 Å². The van der Waals surface area contributed by atoms with Crippen molar-refractivity contribution < 1.29 is 42.7 Å². The largest absolute Gasteiger partial charge is 0.508 e. The summed E-state index contributed by atoms with van der Waals surface area (Å²) in [7, 11) is 0.